The molecular formula is C17H28FNO3Si. The number of hydrogen-bond donors (Lipinski definition) is 1. The fourth-order valence-corrected chi connectivity index (χ4v) is 5.75. The van der Waals surface area contributed by atoms with Gasteiger partial charge in [-0.3, -0.25) is 0 Å². The van der Waals surface area contributed by atoms with Crippen LogP contribution in [0.1, 0.15) is 32.1 Å². The molecule has 23 heavy (non-hydrogen) atoms. The highest BCUT2D eigenvalue weighted by molar-refractivity contribution is 6.76. The van der Waals surface area contributed by atoms with Crippen LogP contribution >= 0.6 is 0 Å². The van der Waals surface area contributed by atoms with Crippen molar-refractivity contribution >= 4 is 20.5 Å². The van der Waals surface area contributed by atoms with Crippen molar-refractivity contribution in [1.82, 2.24) is 5.32 Å². The predicted octanol–water partition coefficient (Wildman–Crippen LogP) is 3.54. The molecule has 130 valence electrons. The second kappa shape index (κ2) is 5.57. The summed E-state index contributed by atoms with van der Waals surface area (Å²) in [6, 6.07) is 0.900. The molecule has 1 N–H and O–H groups in total. The number of halogens is 1. The number of ether oxygens (including phenoxy) is 1. The number of hydrogen-bond acceptors (Lipinski definition) is 3. The van der Waals surface area contributed by atoms with E-state index in [0.717, 1.165) is 25.2 Å². The molecule has 2 atom stereocenters. The maximum atomic E-state index is 14.8. The van der Waals surface area contributed by atoms with Crippen LogP contribution in [0.2, 0.25) is 25.7 Å². The van der Waals surface area contributed by atoms with Gasteiger partial charge in [-0.1, -0.05) is 19.6 Å². The summed E-state index contributed by atoms with van der Waals surface area (Å²) in [7, 11) is -1.26. The highest BCUT2D eigenvalue weighted by Crippen LogP contribution is 2.60. The first-order chi connectivity index (χ1) is 10.7. The molecule has 4 fully saturated rings. The number of alkyl halides is 1. The van der Waals surface area contributed by atoms with Gasteiger partial charge in [-0.25, -0.2) is 9.18 Å². The minimum absolute atomic E-state index is 0.0826. The third kappa shape index (κ3) is 3.19. The molecule has 4 nitrogen and oxygen atoms in total. The van der Waals surface area contributed by atoms with Gasteiger partial charge in [0, 0.05) is 8.07 Å². The highest BCUT2D eigenvalue weighted by Gasteiger charge is 2.63. The van der Waals surface area contributed by atoms with Gasteiger partial charge in [0.05, 0.1) is 6.61 Å². The summed E-state index contributed by atoms with van der Waals surface area (Å²) < 4.78 is 20.1. The molecule has 4 rings (SSSR count). The lowest BCUT2D eigenvalue weighted by atomic mass is 9.48. The summed E-state index contributed by atoms with van der Waals surface area (Å²) in [4.78, 5) is 24.1. The molecule has 0 aromatic carbocycles. The van der Waals surface area contributed by atoms with E-state index in [0.29, 0.717) is 31.8 Å². The summed E-state index contributed by atoms with van der Waals surface area (Å²) in [5, 5.41) is 2.85. The van der Waals surface area contributed by atoms with Gasteiger partial charge in [-0.2, -0.15) is 0 Å². The molecule has 4 saturated carbocycles. The SMILES string of the molecule is C[Si](C)(C)CCOC(=O)NC1(C=O)[C@@H]2CC3C[C@@H]1CC(F)(C3)C2. The predicted molar refractivity (Wildman–Crippen MR) is 88.8 cm³/mol. The standard InChI is InChI=1S/C17H28FNO3Si/c1-23(2,3)5-4-22-15(21)19-17(11-20)13-6-12-7-14(17)10-16(18,8-12)9-13/h11-14H,4-10H2,1-3H3,(H,19,21)/t12?,13-,14-,16?,17?/m1/s1. The normalized spacial score (nSPS) is 41.7. The highest BCUT2D eigenvalue weighted by atomic mass is 28.3. The molecule has 6 heteroatoms. The first kappa shape index (κ1) is 16.9. The van der Waals surface area contributed by atoms with Crippen molar-refractivity contribution in [2.24, 2.45) is 17.8 Å². The fraction of sp³-hybridized carbons (Fsp3) is 0.882. The minimum Gasteiger partial charge on any atom is -0.450 e. The maximum Gasteiger partial charge on any atom is 0.407 e. The first-order valence-electron chi connectivity index (χ1n) is 8.76. The Morgan fingerprint density at radius 3 is 2.35 bits per heavy atom. The third-order valence-corrected chi connectivity index (χ3v) is 7.77. The van der Waals surface area contributed by atoms with E-state index < -0.39 is 25.4 Å². The zero-order valence-corrected chi connectivity index (χ0v) is 15.4. The van der Waals surface area contributed by atoms with Crippen LogP contribution < -0.4 is 5.32 Å². The molecule has 0 spiro atoms. The monoisotopic (exact) mass is 341 g/mol. The number of nitrogens with one attached hydrogen (secondary N) is 1. The molecule has 0 heterocycles. The molecule has 0 saturated heterocycles. The van der Waals surface area contributed by atoms with Gasteiger partial charge in [0.25, 0.3) is 0 Å². The Kier molecular flexibility index (Phi) is 4.10. The van der Waals surface area contributed by atoms with Crippen LogP contribution in [-0.2, 0) is 9.53 Å². The van der Waals surface area contributed by atoms with Crippen LogP contribution in [0.15, 0.2) is 0 Å². The Hall–Kier alpha value is -0.913. The van der Waals surface area contributed by atoms with Gasteiger partial charge < -0.3 is 14.8 Å². The zero-order chi connectivity index (χ0) is 16.9. The molecule has 4 aliphatic carbocycles. The number of aldehydes is 1. The Labute approximate surface area is 138 Å². The van der Waals surface area contributed by atoms with Gasteiger partial charge in [0.1, 0.15) is 17.5 Å². The second-order valence-corrected chi connectivity index (χ2v) is 14.7. The summed E-state index contributed by atoms with van der Waals surface area (Å²) in [6.07, 6.45) is 3.46. The van der Waals surface area contributed by atoms with Crippen LogP contribution in [0.3, 0.4) is 0 Å². The zero-order valence-electron chi connectivity index (χ0n) is 14.4. The van der Waals surface area contributed by atoms with Crippen LogP contribution in [0.25, 0.3) is 0 Å². The molecule has 0 aromatic rings. The molecule has 0 aromatic heterocycles. The molecule has 0 aliphatic heterocycles. The largest absolute Gasteiger partial charge is 0.450 e. The average Bonchev–Trinajstić information content (AvgIpc) is 2.39. The number of rotatable bonds is 5. The summed E-state index contributed by atoms with van der Waals surface area (Å²) in [5.74, 6) is 0.205. The van der Waals surface area contributed by atoms with Crippen LogP contribution in [0, 0.1) is 17.8 Å². The lowest BCUT2D eigenvalue weighted by Gasteiger charge is -2.60. The van der Waals surface area contributed by atoms with Crippen molar-refractivity contribution in [3.05, 3.63) is 0 Å². The van der Waals surface area contributed by atoms with E-state index in [1.54, 1.807) is 0 Å². The number of amides is 1. The first-order valence-corrected chi connectivity index (χ1v) is 12.5. The summed E-state index contributed by atoms with van der Waals surface area (Å²) in [6.45, 7) is 7.06. The fourth-order valence-electron chi connectivity index (χ4n) is 5.03. The lowest BCUT2D eigenvalue weighted by Crippen LogP contribution is -2.70. The Morgan fingerprint density at radius 2 is 1.87 bits per heavy atom. The Bertz CT molecular complexity index is 489. The van der Waals surface area contributed by atoms with Crippen molar-refractivity contribution in [1.29, 1.82) is 0 Å². The van der Waals surface area contributed by atoms with E-state index in [4.69, 9.17) is 4.74 Å². The topological polar surface area (TPSA) is 55.4 Å². The Morgan fingerprint density at radius 1 is 1.26 bits per heavy atom. The van der Waals surface area contributed by atoms with E-state index >= 15 is 0 Å². The van der Waals surface area contributed by atoms with E-state index in [2.05, 4.69) is 25.0 Å². The van der Waals surface area contributed by atoms with Gasteiger partial charge in [-0.05, 0) is 55.9 Å². The quantitative estimate of drug-likeness (QED) is 0.615. The molecule has 1 amide bonds. The van der Waals surface area contributed by atoms with Crippen molar-refractivity contribution < 1.29 is 18.7 Å². The van der Waals surface area contributed by atoms with E-state index in [1.807, 2.05) is 0 Å². The molecule has 0 unspecified atom stereocenters. The van der Waals surface area contributed by atoms with Crippen LogP contribution in [-0.4, -0.2) is 38.3 Å². The van der Waals surface area contributed by atoms with Gasteiger partial charge in [-0.15, -0.1) is 0 Å². The molecule has 0 radical (unpaired) electrons. The Balaban J connectivity index is 1.65. The van der Waals surface area contributed by atoms with E-state index in [-0.39, 0.29) is 11.8 Å². The van der Waals surface area contributed by atoms with Crippen molar-refractivity contribution in [3.8, 4) is 0 Å². The second-order valence-electron chi connectivity index (χ2n) is 9.12. The van der Waals surface area contributed by atoms with Gasteiger partial charge in [0.15, 0.2) is 0 Å². The smallest absolute Gasteiger partial charge is 0.407 e. The van der Waals surface area contributed by atoms with E-state index in [9.17, 15) is 14.0 Å². The van der Waals surface area contributed by atoms with Crippen molar-refractivity contribution in [2.75, 3.05) is 6.61 Å². The van der Waals surface area contributed by atoms with Crippen LogP contribution in [0.5, 0.6) is 0 Å². The maximum absolute atomic E-state index is 14.8. The van der Waals surface area contributed by atoms with E-state index in [1.165, 1.54) is 0 Å². The molecular weight excluding hydrogens is 313 g/mol. The number of carbonyl (C=O) groups is 2. The lowest BCUT2D eigenvalue weighted by molar-refractivity contribution is -0.147. The number of carbonyl (C=O) groups excluding carboxylic acids is 2. The minimum atomic E-state index is -1.26. The van der Waals surface area contributed by atoms with Crippen LogP contribution in [0.4, 0.5) is 9.18 Å². The number of alkyl carbamates (subject to hydrolysis) is 1. The molecule has 4 aliphatic rings. The average molecular weight is 341 g/mol. The van der Waals surface area contributed by atoms with Crippen molar-refractivity contribution in [2.45, 2.75) is 69.0 Å². The molecule has 4 bridgehead atoms. The summed E-state index contributed by atoms with van der Waals surface area (Å²) >= 11 is 0. The van der Waals surface area contributed by atoms with Gasteiger partial charge >= 0.3 is 6.09 Å². The van der Waals surface area contributed by atoms with Gasteiger partial charge in [0.2, 0.25) is 0 Å². The van der Waals surface area contributed by atoms with Crippen molar-refractivity contribution in [3.63, 3.8) is 0 Å². The third-order valence-electron chi connectivity index (χ3n) is 6.06. The summed E-state index contributed by atoms with van der Waals surface area (Å²) in [5.41, 5.74) is -2.03.